The van der Waals surface area contributed by atoms with Gasteiger partial charge >= 0.3 is 0 Å². The third-order valence-corrected chi connectivity index (χ3v) is 4.36. The van der Waals surface area contributed by atoms with Crippen molar-refractivity contribution in [1.82, 2.24) is 4.90 Å². The molecule has 0 atom stereocenters. The van der Waals surface area contributed by atoms with Gasteiger partial charge in [-0.3, -0.25) is 4.90 Å². The second-order valence-corrected chi connectivity index (χ2v) is 6.93. The first-order chi connectivity index (χ1) is 10.00. The highest BCUT2D eigenvalue weighted by atomic mass is 16.5. The molecule has 0 bridgehead atoms. The van der Waals surface area contributed by atoms with Crippen LogP contribution in [0.15, 0.2) is 18.2 Å². The van der Waals surface area contributed by atoms with Crippen LogP contribution in [0, 0.1) is 5.41 Å². The number of hydrogen-bond acceptors (Lipinski definition) is 3. The van der Waals surface area contributed by atoms with Crippen molar-refractivity contribution in [3.63, 3.8) is 0 Å². The Hall–Kier alpha value is -1.22. The summed E-state index contributed by atoms with van der Waals surface area (Å²) in [5.74, 6) is 1.11. The lowest BCUT2D eigenvalue weighted by atomic mass is 9.85. The number of phenolic OH excluding ortho intramolecular Hbond substituents is 1. The highest BCUT2D eigenvalue weighted by Crippen LogP contribution is 2.31. The molecule has 0 aromatic heterocycles. The van der Waals surface area contributed by atoms with Crippen molar-refractivity contribution in [3.05, 3.63) is 23.8 Å². The normalized spacial score (nSPS) is 19.2. The molecule has 3 heteroatoms. The summed E-state index contributed by atoms with van der Waals surface area (Å²) in [5.41, 5.74) is 1.45. The topological polar surface area (TPSA) is 32.7 Å². The van der Waals surface area contributed by atoms with E-state index in [9.17, 15) is 5.11 Å². The van der Waals surface area contributed by atoms with E-state index in [4.69, 9.17) is 4.74 Å². The number of ether oxygens (including phenoxy) is 1. The molecule has 2 rings (SSSR count). The van der Waals surface area contributed by atoms with E-state index in [0.29, 0.717) is 17.8 Å². The number of rotatable bonds is 5. The quantitative estimate of drug-likeness (QED) is 0.883. The third-order valence-electron chi connectivity index (χ3n) is 4.36. The lowest BCUT2D eigenvalue weighted by molar-refractivity contribution is 0.252. The van der Waals surface area contributed by atoms with Crippen molar-refractivity contribution in [1.29, 1.82) is 0 Å². The van der Waals surface area contributed by atoms with Gasteiger partial charge in [0.25, 0.3) is 0 Å². The molecule has 1 saturated heterocycles. The minimum atomic E-state index is 0.354. The van der Waals surface area contributed by atoms with Crippen LogP contribution >= 0.6 is 0 Å². The van der Waals surface area contributed by atoms with E-state index in [1.54, 1.807) is 6.07 Å². The molecule has 1 aliphatic rings. The Balaban J connectivity index is 1.96. The molecule has 1 N–H and O–H groups in total. The average Bonchev–Trinajstić information content (AvgIpc) is 2.60. The van der Waals surface area contributed by atoms with Crippen LogP contribution in [-0.4, -0.2) is 29.7 Å². The summed E-state index contributed by atoms with van der Waals surface area (Å²) in [6, 6.07) is 5.70. The fourth-order valence-corrected chi connectivity index (χ4v) is 2.86. The Kier molecular flexibility index (Phi) is 5.51. The Morgan fingerprint density at radius 3 is 2.76 bits per heavy atom. The minimum Gasteiger partial charge on any atom is -0.507 e. The number of nitrogens with zero attached hydrogens (tertiary/aromatic N) is 1. The van der Waals surface area contributed by atoms with Crippen molar-refractivity contribution < 1.29 is 9.84 Å². The molecule has 0 radical (unpaired) electrons. The van der Waals surface area contributed by atoms with Crippen LogP contribution in [0.3, 0.4) is 0 Å². The molecule has 1 aromatic rings. The summed E-state index contributed by atoms with van der Waals surface area (Å²) in [7, 11) is 0. The predicted octanol–water partition coefficient (Wildman–Crippen LogP) is 4.19. The van der Waals surface area contributed by atoms with Gasteiger partial charge in [0.1, 0.15) is 11.5 Å². The van der Waals surface area contributed by atoms with Gasteiger partial charge < -0.3 is 9.84 Å². The Labute approximate surface area is 128 Å². The molecule has 1 aliphatic heterocycles. The van der Waals surface area contributed by atoms with E-state index in [0.717, 1.165) is 37.4 Å². The summed E-state index contributed by atoms with van der Waals surface area (Å²) in [6.07, 6.45) is 4.74. The second kappa shape index (κ2) is 7.17. The molecule has 3 nitrogen and oxygen atoms in total. The second-order valence-electron chi connectivity index (χ2n) is 6.93. The standard InChI is InChI=1S/C18H29NO2/c1-4-12-21-16-7-6-15(17(20)13-16)14-19-10-5-8-18(2,3)9-11-19/h6-7,13,20H,4-5,8-12,14H2,1-3H3. The largest absolute Gasteiger partial charge is 0.507 e. The first-order valence-electron chi connectivity index (χ1n) is 8.17. The molecule has 0 spiro atoms. The van der Waals surface area contributed by atoms with E-state index in [2.05, 4.69) is 25.7 Å². The number of aromatic hydroxyl groups is 1. The van der Waals surface area contributed by atoms with Crippen molar-refractivity contribution in [2.75, 3.05) is 19.7 Å². The lowest BCUT2D eigenvalue weighted by Gasteiger charge is -2.23. The first-order valence-corrected chi connectivity index (χ1v) is 8.17. The lowest BCUT2D eigenvalue weighted by Crippen LogP contribution is -2.25. The maximum absolute atomic E-state index is 10.2. The number of likely N-dealkylation sites (tertiary alicyclic amines) is 1. The van der Waals surface area contributed by atoms with Gasteiger partial charge in [-0.25, -0.2) is 0 Å². The van der Waals surface area contributed by atoms with Crippen molar-refractivity contribution >= 4 is 0 Å². The molecule has 1 heterocycles. The number of phenols is 1. The summed E-state index contributed by atoms with van der Waals surface area (Å²) < 4.78 is 5.55. The van der Waals surface area contributed by atoms with Crippen molar-refractivity contribution in [3.8, 4) is 11.5 Å². The molecule has 118 valence electrons. The fourth-order valence-electron chi connectivity index (χ4n) is 2.86. The molecule has 1 fully saturated rings. The van der Waals surface area contributed by atoms with Gasteiger partial charge in [-0.05, 0) is 50.3 Å². The molecule has 0 aliphatic carbocycles. The molecule has 0 unspecified atom stereocenters. The zero-order valence-electron chi connectivity index (χ0n) is 13.7. The molecule has 1 aromatic carbocycles. The van der Waals surface area contributed by atoms with Gasteiger partial charge in [0.2, 0.25) is 0 Å². The Morgan fingerprint density at radius 1 is 1.24 bits per heavy atom. The van der Waals surface area contributed by atoms with E-state index < -0.39 is 0 Å². The van der Waals surface area contributed by atoms with Gasteiger partial charge in [0.15, 0.2) is 0 Å². The van der Waals surface area contributed by atoms with Gasteiger partial charge in [-0.1, -0.05) is 26.8 Å². The van der Waals surface area contributed by atoms with Crippen LogP contribution in [0.1, 0.15) is 52.0 Å². The van der Waals surface area contributed by atoms with Crippen LogP contribution in [-0.2, 0) is 6.54 Å². The van der Waals surface area contributed by atoms with Crippen LogP contribution in [0.2, 0.25) is 0 Å². The Morgan fingerprint density at radius 2 is 2.05 bits per heavy atom. The summed E-state index contributed by atoms with van der Waals surface area (Å²) in [5, 5.41) is 10.2. The smallest absolute Gasteiger partial charge is 0.123 e. The maximum atomic E-state index is 10.2. The molecule has 21 heavy (non-hydrogen) atoms. The monoisotopic (exact) mass is 291 g/mol. The highest BCUT2D eigenvalue weighted by molar-refractivity contribution is 5.39. The van der Waals surface area contributed by atoms with Crippen molar-refractivity contribution in [2.45, 2.75) is 53.0 Å². The first kappa shape index (κ1) is 16.2. The van der Waals surface area contributed by atoms with E-state index in [-0.39, 0.29) is 0 Å². The summed E-state index contributed by atoms with van der Waals surface area (Å²) >= 11 is 0. The van der Waals surface area contributed by atoms with E-state index in [1.165, 1.54) is 19.3 Å². The van der Waals surface area contributed by atoms with Crippen LogP contribution in [0.25, 0.3) is 0 Å². The zero-order valence-corrected chi connectivity index (χ0v) is 13.7. The SMILES string of the molecule is CCCOc1ccc(CN2CCCC(C)(C)CC2)c(O)c1. The predicted molar refractivity (Wildman–Crippen MR) is 86.8 cm³/mol. The third kappa shape index (κ3) is 4.92. The number of benzene rings is 1. The van der Waals surface area contributed by atoms with Crippen molar-refractivity contribution in [2.24, 2.45) is 5.41 Å². The molecular weight excluding hydrogens is 262 g/mol. The van der Waals surface area contributed by atoms with Crippen LogP contribution in [0.4, 0.5) is 0 Å². The van der Waals surface area contributed by atoms with Crippen LogP contribution in [0.5, 0.6) is 11.5 Å². The highest BCUT2D eigenvalue weighted by Gasteiger charge is 2.23. The molecule has 0 saturated carbocycles. The van der Waals surface area contributed by atoms with Gasteiger partial charge in [0.05, 0.1) is 6.61 Å². The zero-order chi connectivity index (χ0) is 15.3. The molecule has 0 amide bonds. The Bertz CT molecular complexity index is 457. The summed E-state index contributed by atoms with van der Waals surface area (Å²) in [4.78, 5) is 2.45. The van der Waals surface area contributed by atoms with Gasteiger partial charge in [-0.15, -0.1) is 0 Å². The fraction of sp³-hybridized carbons (Fsp3) is 0.667. The van der Waals surface area contributed by atoms with Gasteiger partial charge in [0, 0.05) is 18.2 Å². The van der Waals surface area contributed by atoms with Gasteiger partial charge in [-0.2, -0.15) is 0 Å². The van der Waals surface area contributed by atoms with E-state index in [1.807, 2.05) is 12.1 Å². The summed E-state index contributed by atoms with van der Waals surface area (Å²) in [6.45, 7) is 10.5. The van der Waals surface area contributed by atoms with E-state index >= 15 is 0 Å². The minimum absolute atomic E-state index is 0.354. The number of hydrogen-bond donors (Lipinski definition) is 1. The maximum Gasteiger partial charge on any atom is 0.123 e. The average molecular weight is 291 g/mol. The molecular formula is C18H29NO2. The van der Waals surface area contributed by atoms with Crippen LogP contribution < -0.4 is 4.74 Å².